The highest BCUT2D eigenvalue weighted by molar-refractivity contribution is 5.41. The molecule has 1 fully saturated rings. The highest BCUT2D eigenvalue weighted by Crippen LogP contribution is 2.36. The quantitative estimate of drug-likeness (QED) is 0.891. The molecular formula is C17H25NO. The molecule has 1 aromatic carbocycles. The van der Waals surface area contributed by atoms with Crippen molar-refractivity contribution in [3.8, 4) is 5.75 Å². The van der Waals surface area contributed by atoms with E-state index in [-0.39, 0.29) is 0 Å². The van der Waals surface area contributed by atoms with Gasteiger partial charge in [-0.3, -0.25) is 0 Å². The van der Waals surface area contributed by atoms with Crippen LogP contribution < -0.4 is 10.1 Å². The van der Waals surface area contributed by atoms with Gasteiger partial charge in [-0.05, 0) is 55.3 Å². The second-order valence-corrected chi connectivity index (χ2v) is 5.98. The topological polar surface area (TPSA) is 21.3 Å². The second-order valence-electron chi connectivity index (χ2n) is 5.98. The standard InChI is InChI=1S/C17H25NO/c1-2-9-18-16-5-3-4-13(12-16)14-6-7-17-15(11-14)8-10-19-17/h6-7,11,13,16,18H,2-5,8-10,12H2,1H3. The molecule has 2 aliphatic rings. The summed E-state index contributed by atoms with van der Waals surface area (Å²) in [5.74, 6) is 1.86. The minimum absolute atomic E-state index is 0.725. The molecule has 0 saturated heterocycles. The Kier molecular flexibility index (Phi) is 4.07. The van der Waals surface area contributed by atoms with E-state index in [1.807, 2.05) is 0 Å². The van der Waals surface area contributed by atoms with Crippen LogP contribution in [0.2, 0.25) is 0 Å². The van der Waals surface area contributed by atoms with Crippen LogP contribution in [0.4, 0.5) is 0 Å². The van der Waals surface area contributed by atoms with Crippen molar-refractivity contribution in [3.05, 3.63) is 29.3 Å². The van der Waals surface area contributed by atoms with Gasteiger partial charge in [-0.25, -0.2) is 0 Å². The average molecular weight is 259 g/mol. The van der Waals surface area contributed by atoms with Gasteiger partial charge in [-0.15, -0.1) is 0 Å². The molecule has 0 amide bonds. The summed E-state index contributed by atoms with van der Waals surface area (Å²) in [5.41, 5.74) is 2.95. The number of hydrogen-bond acceptors (Lipinski definition) is 2. The van der Waals surface area contributed by atoms with Crippen LogP contribution in [0.15, 0.2) is 18.2 Å². The predicted molar refractivity (Wildman–Crippen MR) is 78.9 cm³/mol. The molecule has 2 atom stereocenters. The van der Waals surface area contributed by atoms with Gasteiger partial charge in [0.25, 0.3) is 0 Å². The van der Waals surface area contributed by atoms with Gasteiger partial charge in [0.2, 0.25) is 0 Å². The third-order valence-electron chi connectivity index (χ3n) is 4.54. The van der Waals surface area contributed by atoms with Gasteiger partial charge in [0.1, 0.15) is 5.75 Å². The van der Waals surface area contributed by atoms with Gasteiger partial charge < -0.3 is 10.1 Å². The molecule has 0 radical (unpaired) electrons. The smallest absolute Gasteiger partial charge is 0.122 e. The fourth-order valence-corrected chi connectivity index (χ4v) is 3.49. The van der Waals surface area contributed by atoms with E-state index in [0.29, 0.717) is 0 Å². The van der Waals surface area contributed by atoms with Gasteiger partial charge in [-0.2, -0.15) is 0 Å². The summed E-state index contributed by atoms with van der Waals surface area (Å²) in [6, 6.07) is 7.59. The fourth-order valence-electron chi connectivity index (χ4n) is 3.49. The lowest BCUT2D eigenvalue weighted by molar-refractivity contribution is 0.340. The average Bonchev–Trinajstić information content (AvgIpc) is 2.92. The summed E-state index contributed by atoms with van der Waals surface area (Å²) in [5, 5.41) is 3.70. The van der Waals surface area contributed by atoms with E-state index < -0.39 is 0 Å². The SMILES string of the molecule is CCCNC1CCCC(c2ccc3c(c2)CCO3)C1. The molecule has 1 aromatic rings. The molecule has 2 heteroatoms. The zero-order valence-corrected chi connectivity index (χ0v) is 12.0. The van der Waals surface area contributed by atoms with Crippen molar-refractivity contribution < 1.29 is 4.74 Å². The first-order valence-corrected chi connectivity index (χ1v) is 7.86. The predicted octanol–water partition coefficient (Wildman–Crippen LogP) is 3.65. The van der Waals surface area contributed by atoms with Crippen LogP contribution in [0.5, 0.6) is 5.75 Å². The van der Waals surface area contributed by atoms with Crippen LogP contribution in [-0.4, -0.2) is 19.2 Å². The Morgan fingerprint density at radius 1 is 1.32 bits per heavy atom. The molecule has 3 rings (SSSR count). The molecule has 1 N–H and O–H groups in total. The Hall–Kier alpha value is -1.02. The maximum absolute atomic E-state index is 5.60. The number of rotatable bonds is 4. The van der Waals surface area contributed by atoms with Gasteiger partial charge >= 0.3 is 0 Å². The van der Waals surface area contributed by atoms with Crippen molar-refractivity contribution >= 4 is 0 Å². The number of benzene rings is 1. The highest BCUT2D eigenvalue weighted by atomic mass is 16.5. The van der Waals surface area contributed by atoms with E-state index in [1.165, 1.54) is 43.2 Å². The van der Waals surface area contributed by atoms with Crippen LogP contribution in [0.3, 0.4) is 0 Å². The normalized spacial score (nSPS) is 25.9. The Morgan fingerprint density at radius 2 is 2.26 bits per heavy atom. The zero-order chi connectivity index (χ0) is 13.1. The van der Waals surface area contributed by atoms with Gasteiger partial charge in [-0.1, -0.05) is 25.5 Å². The van der Waals surface area contributed by atoms with Crippen molar-refractivity contribution in [2.45, 2.75) is 57.4 Å². The molecule has 0 bridgehead atoms. The Bertz CT molecular complexity index is 429. The Labute approximate surface area is 116 Å². The summed E-state index contributed by atoms with van der Waals surface area (Å²) in [6.07, 6.45) is 7.69. The van der Waals surface area contributed by atoms with Crippen LogP contribution >= 0.6 is 0 Å². The number of fused-ring (bicyclic) bond motifs is 1. The minimum atomic E-state index is 0.725. The molecule has 1 saturated carbocycles. The van der Waals surface area contributed by atoms with Crippen molar-refractivity contribution in [1.29, 1.82) is 0 Å². The molecule has 0 aromatic heterocycles. The summed E-state index contributed by atoms with van der Waals surface area (Å²) >= 11 is 0. The Balaban J connectivity index is 1.67. The lowest BCUT2D eigenvalue weighted by atomic mass is 9.81. The summed E-state index contributed by atoms with van der Waals surface area (Å²) in [4.78, 5) is 0. The third kappa shape index (κ3) is 2.94. The number of nitrogens with one attached hydrogen (secondary N) is 1. The third-order valence-corrected chi connectivity index (χ3v) is 4.54. The van der Waals surface area contributed by atoms with Crippen LogP contribution in [0.1, 0.15) is 56.1 Å². The van der Waals surface area contributed by atoms with Crippen LogP contribution in [-0.2, 0) is 6.42 Å². The van der Waals surface area contributed by atoms with Crippen molar-refractivity contribution in [2.75, 3.05) is 13.2 Å². The second kappa shape index (κ2) is 5.96. The van der Waals surface area contributed by atoms with E-state index in [9.17, 15) is 0 Å². The number of ether oxygens (including phenoxy) is 1. The van der Waals surface area contributed by atoms with Crippen molar-refractivity contribution in [3.63, 3.8) is 0 Å². The van der Waals surface area contributed by atoms with Crippen molar-refractivity contribution in [1.82, 2.24) is 5.32 Å². The first-order valence-electron chi connectivity index (χ1n) is 7.86. The molecule has 0 spiro atoms. The van der Waals surface area contributed by atoms with E-state index in [0.717, 1.165) is 37.3 Å². The maximum Gasteiger partial charge on any atom is 0.122 e. The molecule has 1 heterocycles. The zero-order valence-electron chi connectivity index (χ0n) is 12.0. The van der Waals surface area contributed by atoms with E-state index >= 15 is 0 Å². The van der Waals surface area contributed by atoms with Crippen LogP contribution in [0.25, 0.3) is 0 Å². The molecule has 104 valence electrons. The monoisotopic (exact) mass is 259 g/mol. The highest BCUT2D eigenvalue weighted by Gasteiger charge is 2.24. The summed E-state index contributed by atoms with van der Waals surface area (Å²) in [6.45, 7) is 4.27. The summed E-state index contributed by atoms with van der Waals surface area (Å²) < 4.78 is 5.60. The molecule has 2 nitrogen and oxygen atoms in total. The minimum Gasteiger partial charge on any atom is -0.493 e. The molecule has 1 aliphatic carbocycles. The molecule has 1 aliphatic heterocycles. The Morgan fingerprint density at radius 3 is 3.16 bits per heavy atom. The van der Waals surface area contributed by atoms with Gasteiger partial charge in [0, 0.05) is 12.5 Å². The lowest BCUT2D eigenvalue weighted by Crippen LogP contribution is -2.34. The van der Waals surface area contributed by atoms with E-state index in [1.54, 1.807) is 0 Å². The first kappa shape index (κ1) is 13.0. The maximum atomic E-state index is 5.60. The van der Waals surface area contributed by atoms with E-state index in [4.69, 9.17) is 4.74 Å². The number of hydrogen-bond donors (Lipinski definition) is 1. The van der Waals surface area contributed by atoms with Crippen LogP contribution in [0, 0.1) is 0 Å². The van der Waals surface area contributed by atoms with Gasteiger partial charge in [0.15, 0.2) is 0 Å². The summed E-state index contributed by atoms with van der Waals surface area (Å²) in [7, 11) is 0. The molecular weight excluding hydrogens is 234 g/mol. The molecule has 2 unspecified atom stereocenters. The van der Waals surface area contributed by atoms with Crippen molar-refractivity contribution in [2.24, 2.45) is 0 Å². The van der Waals surface area contributed by atoms with Gasteiger partial charge in [0.05, 0.1) is 6.61 Å². The largest absolute Gasteiger partial charge is 0.493 e. The molecule has 19 heavy (non-hydrogen) atoms. The first-order chi connectivity index (χ1) is 9.36. The fraction of sp³-hybridized carbons (Fsp3) is 0.647. The lowest BCUT2D eigenvalue weighted by Gasteiger charge is -2.30. The van der Waals surface area contributed by atoms with E-state index in [2.05, 4.69) is 30.4 Å².